The summed E-state index contributed by atoms with van der Waals surface area (Å²) in [4.78, 5) is 17.3. The number of benzene rings is 1. The van der Waals surface area contributed by atoms with Crippen LogP contribution in [0.5, 0.6) is 0 Å². The molecule has 0 radical (unpaired) electrons. The lowest BCUT2D eigenvalue weighted by Gasteiger charge is -2.27. The second-order valence-electron chi connectivity index (χ2n) is 6.79. The highest BCUT2D eigenvalue weighted by Gasteiger charge is 2.32. The molecule has 0 saturated carbocycles. The minimum atomic E-state index is -1.38. The van der Waals surface area contributed by atoms with Crippen molar-refractivity contribution in [2.75, 3.05) is 17.6 Å². The molecule has 0 bridgehead atoms. The maximum Gasteiger partial charge on any atom is 0.322 e. The van der Waals surface area contributed by atoms with Crippen molar-refractivity contribution in [2.45, 2.75) is 37.1 Å². The lowest BCUT2D eigenvalue weighted by atomic mass is 10.1. The normalized spacial score (nSPS) is 21.2. The number of fused-ring (bicyclic) bond motifs is 3. The van der Waals surface area contributed by atoms with E-state index >= 15 is 0 Å². The molecule has 2 unspecified atom stereocenters. The van der Waals surface area contributed by atoms with Crippen molar-refractivity contribution in [1.29, 1.82) is 0 Å². The van der Waals surface area contributed by atoms with Gasteiger partial charge < -0.3 is 15.3 Å². The summed E-state index contributed by atoms with van der Waals surface area (Å²) in [6.07, 6.45) is 0.410. The third-order valence-corrected chi connectivity index (χ3v) is 6.46. The Morgan fingerprint density at radius 3 is 3.04 bits per heavy atom. The van der Waals surface area contributed by atoms with E-state index in [9.17, 15) is 18.5 Å². The third-order valence-electron chi connectivity index (χ3n) is 4.89. The maximum atomic E-state index is 13.5. The van der Waals surface area contributed by atoms with Crippen molar-refractivity contribution in [1.82, 2.24) is 14.7 Å². The third kappa shape index (κ3) is 3.39. The zero-order valence-corrected chi connectivity index (χ0v) is 15.7. The predicted molar refractivity (Wildman–Crippen MR) is 99.9 cm³/mol. The summed E-state index contributed by atoms with van der Waals surface area (Å²) in [6.45, 7) is 8.17. The predicted octanol–water partition coefficient (Wildman–Crippen LogP) is 2.04. The van der Waals surface area contributed by atoms with E-state index < -0.39 is 22.7 Å². The van der Waals surface area contributed by atoms with Gasteiger partial charge in [0.1, 0.15) is 10.8 Å². The SMILES string of the molecule is [C-]#[N+]c1cc(NC(=O)N2CCc3nn4c(c3C2)S(=O)CC(O)CC4)ccc1F. The van der Waals surface area contributed by atoms with Gasteiger partial charge in [-0.2, -0.15) is 5.10 Å². The molecule has 0 saturated heterocycles. The van der Waals surface area contributed by atoms with E-state index in [0.717, 1.165) is 17.3 Å². The summed E-state index contributed by atoms with van der Waals surface area (Å²) in [5.74, 6) is -0.470. The van der Waals surface area contributed by atoms with Crippen molar-refractivity contribution in [3.05, 3.63) is 46.7 Å². The molecule has 0 fully saturated rings. The Kier molecular flexibility index (Phi) is 4.87. The highest BCUT2D eigenvalue weighted by Crippen LogP contribution is 2.28. The summed E-state index contributed by atoms with van der Waals surface area (Å²) in [7, 11) is -1.38. The number of aliphatic hydroxyl groups excluding tert-OH is 1. The van der Waals surface area contributed by atoms with Crippen molar-refractivity contribution in [2.24, 2.45) is 0 Å². The zero-order valence-electron chi connectivity index (χ0n) is 14.9. The standard InChI is InChI=1S/C18H18FN5O3S/c1-20-16-8-11(2-3-14(16)19)21-18(26)23-6-5-15-13(9-23)17-24(22-15)7-4-12(25)10-28(17)27/h2-3,8,12,25H,4-7,9-10H2,(H,21,26). The van der Waals surface area contributed by atoms with Crippen LogP contribution in [0.15, 0.2) is 23.2 Å². The van der Waals surface area contributed by atoms with Gasteiger partial charge in [-0.15, -0.1) is 0 Å². The molecule has 8 nitrogen and oxygen atoms in total. The zero-order chi connectivity index (χ0) is 19.8. The van der Waals surface area contributed by atoms with Crippen LogP contribution in [0.25, 0.3) is 4.85 Å². The average Bonchev–Trinajstić information content (AvgIpc) is 2.98. The second kappa shape index (κ2) is 7.33. The fraction of sp³-hybridized carbons (Fsp3) is 0.389. The fourth-order valence-electron chi connectivity index (χ4n) is 3.47. The van der Waals surface area contributed by atoms with Gasteiger partial charge in [0.05, 0.1) is 41.5 Å². The van der Waals surface area contributed by atoms with Gasteiger partial charge in [0.15, 0.2) is 0 Å². The van der Waals surface area contributed by atoms with Crippen molar-refractivity contribution >= 4 is 28.2 Å². The molecule has 2 amide bonds. The Hall–Kier alpha value is -2.77. The van der Waals surface area contributed by atoms with Gasteiger partial charge in [-0.25, -0.2) is 14.0 Å². The number of amides is 2. The lowest BCUT2D eigenvalue weighted by molar-refractivity contribution is 0.181. The number of hydrogen-bond acceptors (Lipinski definition) is 4. The van der Waals surface area contributed by atoms with Gasteiger partial charge in [0.2, 0.25) is 5.69 Å². The minimum absolute atomic E-state index is 0.158. The topological polar surface area (TPSA) is 91.8 Å². The van der Waals surface area contributed by atoms with Gasteiger partial charge >= 0.3 is 6.03 Å². The van der Waals surface area contributed by atoms with E-state index in [1.165, 1.54) is 12.1 Å². The number of carbonyl (C=O) groups is 1. The van der Waals surface area contributed by atoms with E-state index in [1.54, 1.807) is 9.58 Å². The van der Waals surface area contributed by atoms with Crippen molar-refractivity contribution < 1.29 is 18.5 Å². The first-order chi connectivity index (χ1) is 13.5. The van der Waals surface area contributed by atoms with Crippen LogP contribution in [0.3, 0.4) is 0 Å². The highest BCUT2D eigenvalue weighted by atomic mass is 32.2. The van der Waals surface area contributed by atoms with Crippen LogP contribution >= 0.6 is 0 Å². The molecule has 28 heavy (non-hydrogen) atoms. The molecule has 3 heterocycles. The van der Waals surface area contributed by atoms with Crippen LogP contribution in [0.4, 0.5) is 20.6 Å². The van der Waals surface area contributed by atoms with Gasteiger partial charge in [-0.05, 0) is 24.6 Å². The summed E-state index contributed by atoms with van der Waals surface area (Å²) in [6, 6.07) is 3.45. The Bertz CT molecular complexity index is 1020. The number of aromatic nitrogens is 2. The summed E-state index contributed by atoms with van der Waals surface area (Å²) < 4.78 is 27.8. The Labute approximate surface area is 163 Å². The molecule has 2 aliphatic heterocycles. The van der Waals surface area contributed by atoms with E-state index in [0.29, 0.717) is 36.6 Å². The van der Waals surface area contributed by atoms with Gasteiger partial charge in [-0.1, -0.05) is 0 Å². The molecule has 146 valence electrons. The van der Waals surface area contributed by atoms with E-state index in [2.05, 4.69) is 15.3 Å². The molecule has 1 aromatic carbocycles. The smallest absolute Gasteiger partial charge is 0.322 e. The quantitative estimate of drug-likeness (QED) is 0.713. The number of nitrogens with one attached hydrogen (secondary N) is 1. The van der Waals surface area contributed by atoms with Crippen LogP contribution in [0.1, 0.15) is 17.7 Å². The van der Waals surface area contributed by atoms with Crippen LogP contribution in [-0.2, 0) is 30.3 Å². The number of anilines is 1. The largest absolute Gasteiger partial charge is 0.392 e. The molecule has 2 aromatic rings. The number of aryl methyl sites for hydroxylation is 1. The van der Waals surface area contributed by atoms with E-state index in [1.807, 2.05) is 0 Å². The van der Waals surface area contributed by atoms with Gasteiger partial charge in [0.25, 0.3) is 0 Å². The molecular formula is C18H18FN5O3S. The van der Waals surface area contributed by atoms with E-state index in [-0.39, 0.29) is 24.0 Å². The number of nitrogens with zero attached hydrogens (tertiary/aromatic N) is 4. The monoisotopic (exact) mass is 403 g/mol. The first-order valence-electron chi connectivity index (χ1n) is 8.84. The van der Waals surface area contributed by atoms with Crippen molar-refractivity contribution in [3.8, 4) is 0 Å². The maximum absolute atomic E-state index is 13.5. The van der Waals surface area contributed by atoms with Crippen LogP contribution in [0, 0.1) is 12.4 Å². The first kappa shape index (κ1) is 18.6. The second-order valence-corrected chi connectivity index (χ2v) is 8.20. The number of aliphatic hydroxyl groups is 1. The van der Waals surface area contributed by atoms with Crippen LogP contribution < -0.4 is 5.32 Å². The molecule has 0 spiro atoms. The number of carbonyl (C=O) groups excluding carboxylic acids is 1. The first-order valence-corrected chi connectivity index (χ1v) is 10.2. The van der Waals surface area contributed by atoms with Gasteiger partial charge in [-0.3, -0.25) is 8.89 Å². The Morgan fingerprint density at radius 1 is 1.43 bits per heavy atom. The average molecular weight is 403 g/mol. The number of urea groups is 1. The molecule has 10 heteroatoms. The van der Waals surface area contributed by atoms with Crippen LogP contribution in [-0.4, -0.2) is 48.4 Å². The lowest BCUT2D eigenvalue weighted by Crippen LogP contribution is -2.39. The highest BCUT2D eigenvalue weighted by molar-refractivity contribution is 7.85. The molecule has 2 N–H and O–H groups in total. The Morgan fingerprint density at radius 2 is 2.25 bits per heavy atom. The summed E-state index contributed by atoms with van der Waals surface area (Å²) in [5.41, 5.74) is 1.79. The van der Waals surface area contributed by atoms with E-state index in [4.69, 9.17) is 6.57 Å². The summed E-state index contributed by atoms with van der Waals surface area (Å²) in [5, 5.41) is 17.7. The fourth-order valence-corrected chi connectivity index (χ4v) is 4.97. The number of halogens is 1. The minimum Gasteiger partial charge on any atom is -0.392 e. The van der Waals surface area contributed by atoms with Crippen molar-refractivity contribution in [3.63, 3.8) is 0 Å². The molecule has 1 aromatic heterocycles. The molecule has 4 rings (SSSR count). The summed E-state index contributed by atoms with van der Waals surface area (Å²) >= 11 is 0. The van der Waals surface area contributed by atoms with Gasteiger partial charge in [0, 0.05) is 30.8 Å². The number of rotatable bonds is 1. The molecule has 2 aliphatic rings. The van der Waals surface area contributed by atoms with Crippen LogP contribution in [0.2, 0.25) is 0 Å². The molecule has 0 aliphatic carbocycles. The molecular weight excluding hydrogens is 385 g/mol. The number of hydrogen-bond donors (Lipinski definition) is 2. The molecule has 2 atom stereocenters. The Balaban J connectivity index is 1.54.